The molecular weight excluding hydrogens is 314 g/mol. The first-order valence-electron chi connectivity index (χ1n) is 7.98. The van der Waals surface area contributed by atoms with Crippen LogP contribution in [0.15, 0.2) is 72.8 Å². The Balaban J connectivity index is 1.66. The molecule has 0 fully saturated rings. The summed E-state index contributed by atoms with van der Waals surface area (Å²) < 4.78 is 5.98. The van der Waals surface area contributed by atoms with Gasteiger partial charge < -0.3 is 10.1 Å². The monoisotopic (exact) mass is 329 g/mol. The molecule has 4 rings (SSSR count). The Morgan fingerprint density at radius 1 is 0.800 bits per heavy atom. The molecule has 0 unspecified atom stereocenters. The van der Waals surface area contributed by atoms with E-state index >= 15 is 0 Å². The number of para-hydroxylation sites is 1. The molecule has 1 amide bonds. The number of Topliss-reactive ketones (excluding diaryl/α,β-unsaturated/α-hetero) is 1. The second-order valence-electron chi connectivity index (χ2n) is 5.81. The molecule has 25 heavy (non-hydrogen) atoms. The second-order valence-corrected chi connectivity index (χ2v) is 5.81. The molecule has 1 aliphatic rings. The van der Waals surface area contributed by atoms with Gasteiger partial charge in [0.05, 0.1) is 11.3 Å². The number of anilines is 1. The number of ether oxygens (including phenoxy) is 1. The zero-order chi connectivity index (χ0) is 17.2. The van der Waals surface area contributed by atoms with E-state index < -0.39 is 11.7 Å². The summed E-state index contributed by atoms with van der Waals surface area (Å²) in [6.07, 6.45) is 0. The zero-order valence-electron chi connectivity index (χ0n) is 13.4. The molecule has 4 nitrogen and oxygen atoms in total. The quantitative estimate of drug-likeness (QED) is 0.734. The van der Waals surface area contributed by atoms with Crippen LogP contribution in [-0.4, -0.2) is 11.7 Å². The van der Waals surface area contributed by atoms with Crippen LogP contribution in [0.25, 0.3) is 11.1 Å². The number of fused-ring (bicyclic) bond motifs is 1. The first kappa shape index (κ1) is 15.1. The summed E-state index contributed by atoms with van der Waals surface area (Å²) in [6.45, 7) is 0.460. The maximum absolute atomic E-state index is 11.9. The number of benzene rings is 3. The molecule has 1 aliphatic heterocycles. The normalized spacial score (nSPS) is 12.6. The van der Waals surface area contributed by atoms with Crippen molar-refractivity contribution in [2.45, 2.75) is 6.61 Å². The van der Waals surface area contributed by atoms with Gasteiger partial charge in [0.2, 0.25) is 0 Å². The van der Waals surface area contributed by atoms with Crippen molar-refractivity contribution in [3.8, 4) is 16.9 Å². The zero-order valence-corrected chi connectivity index (χ0v) is 13.4. The van der Waals surface area contributed by atoms with E-state index in [-0.39, 0.29) is 0 Å². The van der Waals surface area contributed by atoms with Gasteiger partial charge in [-0.25, -0.2) is 0 Å². The Hall–Kier alpha value is -3.40. The Labute approximate surface area is 145 Å². The summed E-state index contributed by atoms with van der Waals surface area (Å²) in [5.74, 6) is -0.351. The van der Waals surface area contributed by atoms with Crippen molar-refractivity contribution in [2.75, 3.05) is 5.32 Å². The van der Waals surface area contributed by atoms with Gasteiger partial charge in [0.1, 0.15) is 12.4 Å². The van der Waals surface area contributed by atoms with Crippen molar-refractivity contribution in [3.05, 3.63) is 83.9 Å². The molecule has 0 atom stereocenters. The van der Waals surface area contributed by atoms with E-state index in [0.29, 0.717) is 17.9 Å². The van der Waals surface area contributed by atoms with Crippen molar-refractivity contribution in [1.29, 1.82) is 0 Å². The van der Waals surface area contributed by atoms with Gasteiger partial charge >= 0.3 is 0 Å². The van der Waals surface area contributed by atoms with E-state index in [9.17, 15) is 9.59 Å². The molecule has 122 valence electrons. The lowest BCUT2D eigenvalue weighted by molar-refractivity contribution is -0.112. The van der Waals surface area contributed by atoms with E-state index in [0.717, 1.165) is 22.4 Å². The summed E-state index contributed by atoms with van der Waals surface area (Å²) in [5, 5.41) is 2.57. The third-order valence-corrected chi connectivity index (χ3v) is 4.15. The highest BCUT2D eigenvalue weighted by molar-refractivity contribution is 6.51. The average Bonchev–Trinajstić information content (AvgIpc) is 2.95. The van der Waals surface area contributed by atoms with Crippen LogP contribution in [-0.2, 0) is 11.4 Å². The Morgan fingerprint density at radius 2 is 1.56 bits per heavy atom. The molecule has 0 aromatic heterocycles. The van der Waals surface area contributed by atoms with Crippen molar-refractivity contribution in [2.24, 2.45) is 0 Å². The number of hydrogen-bond acceptors (Lipinski definition) is 3. The van der Waals surface area contributed by atoms with Crippen molar-refractivity contribution >= 4 is 17.4 Å². The number of amides is 1. The molecule has 3 aromatic rings. The van der Waals surface area contributed by atoms with Crippen LogP contribution in [0.5, 0.6) is 5.75 Å². The molecule has 0 spiro atoms. The largest absolute Gasteiger partial charge is 0.488 e. The number of ketones is 1. The molecule has 0 bridgehead atoms. The third-order valence-electron chi connectivity index (χ3n) is 4.15. The van der Waals surface area contributed by atoms with E-state index in [1.165, 1.54) is 0 Å². The van der Waals surface area contributed by atoms with Crippen molar-refractivity contribution < 1.29 is 14.3 Å². The molecule has 0 radical (unpaired) electrons. The van der Waals surface area contributed by atoms with E-state index in [4.69, 9.17) is 4.74 Å². The van der Waals surface area contributed by atoms with Crippen LogP contribution in [0, 0.1) is 0 Å². The average molecular weight is 329 g/mol. The highest BCUT2D eigenvalue weighted by Crippen LogP contribution is 2.34. The number of hydrogen-bond donors (Lipinski definition) is 1. The summed E-state index contributed by atoms with van der Waals surface area (Å²) in [5.41, 5.74) is 3.76. The highest BCUT2D eigenvalue weighted by atomic mass is 16.5. The van der Waals surface area contributed by atoms with Crippen molar-refractivity contribution in [3.63, 3.8) is 0 Å². The predicted octanol–water partition coefficient (Wildman–Crippen LogP) is 4.07. The fraction of sp³-hybridized carbons (Fsp3) is 0.0476. The Bertz CT molecular complexity index is 964. The fourth-order valence-electron chi connectivity index (χ4n) is 2.88. The Kier molecular flexibility index (Phi) is 3.78. The van der Waals surface area contributed by atoms with Crippen LogP contribution in [0.4, 0.5) is 5.69 Å². The standard InChI is InChI=1S/C21H15NO3/c23-20-17-12-15(10-11-18(17)22-21(20)24)16-8-4-5-9-19(16)25-13-14-6-2-1-3-7-14/h1-12H,13H2,(H,22,23,24). The SMILES string of the molecule is O=C1Nc2ccc(-c3ccccc3OCc3ccccc3)cc2C1=O. The lowest BCUT2D eigenvalue weighted by Crippen LogP contribution is -2.12. The van der Waals surface area contributed by atoms with E-state index in [1.807, 2.05) is 60.7 Å². The van der Waals surface area contributed by atoms with Crippen LogP contribution in [0.3, 0.4) is 0 Å². The minimum Gasteiger partial charge on any atom is -0.488 e. The van der Waals surface area contributed by atoms with Gasteiger partial charge in [-0.2, -0.15) is 0 Å². The Morgan fingerprint density at radius 3 is 2.40 bits per heavy atom. The molecule has 3 aromatic carbocycles. The number of nitrogens with one attached hydrogen (secondary N) is 1. The van der Waals surface area contributed by atoms with Crippen LogP contribution >= 0.6 is 0 Å². The molecule has 4 heteroatoms. The van der Waals surface area contributed by atoms with Gasteiger partial charge in [-0.3, -0.25) is 9.59 Å². The molecular formula is C21H15NO3. The molecule has 0 aliphatic carbocycles. The van der Waals surface area contributed by atoms with Gasteiger partial charge in [0.15, 0.2) is 0 Å². The maximum Gasteiger partial charge on any atom is 0.296 e. The first-order chi connectivity index (χ1) is 12.2. The summed E-state index contributed by atoms with van der Waals surface area (Å²) in [6, 6.07) is 23.0. The van der Waals surface area contributed by atoms with Crippen molar-refractivity contribution in [1.82, 2.24) is 0 Å². The molecule has 0 saturated heterocycles. The number of rotatable bonds is 4. The number of carbonyl (C=O) groups excluding carboxylic acids is 2. The smallest absolute Gasteiger partial charge is 0.296 e. The van der Waals surface area contributed by atoms with Gasteiger partial charge in [-0.15, -0.1) is 0 Å². The molecule has 0 saturated carbocycles. The third kappa shape index (κ3) is 2.90. The number of carbonyl (C=O) groups is 2. The minimum atomic E-state index is -0.583. The predicted molar refractivity (Wildman–Crippen MR) is 95.6 cm³/mol. The summed E-state index contributed by atoms with van der Waals surface area (Å²) in [7, 11) is 0. The van der Waals surface area contributed by atoms with Gasteiger partial charge in [0.25, 0.3) is 11.7 Å². The summed E-state index contributed by atoms with van der Waals surface area (Å²) in [4.78, 5) is 23.5. The van der Waals surface area contributed by atoms with Crippen LogP contribution in [0.1, 0.15) is 15.9 Å². The highest BCUT2D eigenvalue weighted by Gasteiger charge is 2.28. The molecule has 1 N–H and O–H groups in total. The van der Waals surface area contributed by atoms with E-state index in [2.05, 4.69) is 5.32 Å². The van der Waals surface area contributed by atoms with Gasteiger partial charge in [-0.1, -0.05) is 54.6 Å². The lowest BCUT2D eigenvalue weighted by Gasteiger charge is -2.12. The lowest BCUT2D eigenvalue weighted by atomic mass is 10.0. The second kappa shape index (κ2) is 6.24. The first-order valence-corrected chi connectivity index (χ1v) is 7.98. The maximum atomic E-state index is 11.9. The van der Waals surface area contributed by atoms with Gasteiger partial charge in [0, 0.05) is 5.56 Å². The van der Waals surface area contributed by atoms with Crippen LogP contribution < -0.4 is 10.1 Å². The minimum absolute atomic E-state index is 0.403. The molecule has 1 heterocycles. The van der Waals surface area contributed by atoms with Gasteiger partial charge in [-0.05, 0) is 29.3 Å². The van der Waals surface area contributed by atoms with E-state index in [1.54, 1.807) is 12.1 Å². The topological polar surface area (TPSA) is 55.4 Å². The summed E-state index contributed by atoms with van der Waals surface area (Å²) >= 11 is 0. The van der Waals surface area contributed by atoms with Crippen LogP contribution in [0.2, 0.25) is 0 Å². The fourth-order valence-corrected chi connectivity index (χ4v) is 2.88.